The van der Waals surface area contributed by atoms with Crippen molar-refractivity contribution in [2.24, 2.45) is 4.99 Å². The van der Waals surface area contributed by atoms with Crippen molar-refractivity contribution >= 4 is 12.5 Å². The molecule has 0 atom stereocenters. The zero-order valence-electron chi connectivity index (χ0n) is 8.90. The first-order valence-electron chi connectivity index (χ1n) is 5.08. The van der Waals surface area contributed by atoms with Crippen molar-refractivity contribution in [2.75, 3.05) is 31.2 Å². The Morgan fingerprint density at radius 2 is 2.25 bits per heavy atom. The fourth-order valence-electron chi connectivity index (χ4n) is 1.57. The molecule has 0 spiro atoms. The van der Waals surface area contributed by atoms with Gasteiger partial charge in [0.1, 0.15) is 0 Å². The van der Waals surface area contributed by atoms with Crippen LogP contribution in [0.1, 0.15) is 5.82 Å². The van der Waals surface area contributed by atoms with E-state index in [1.807, 2.05) is 4.90 Å². The number of aliphatic imine (C=N–C) groups is 1. The van der Waals surface area contributed by atoms with Crippen molar-refractivity contribution in [2.45, 2.75) is 6.54 Å². The lowest BCUT2D eigenvalue weighted by Crippen LogP contribution is -2.37. The van der Waals surface area contributed by atoms with Crippen molar-refractivity contribution < 1.29 is 9.13 Å². The van der Waals surface area contributed by atoms with Crippen LogP contribution in [-0.4, -0.2) is 43.0 Å². The quantitative estimate of drug-likeness (QED) is 0.707. The minimum Gasteiger partial charge on any atom is -0.378 e. The highest BCUT2D eigenvalue weighted by Gasteiger charge is 2.17. The summed E-state index contributed by atoms with van der Waals surface area (Å²) in [4.78, 5) is 13.5. The van der Waals surface area contributed by atoms with Crippen LogP contribution in [0, 0.1) is 5.82 Å². The molecule has 6 heteroatoms. The maximum atomic E-state index is 13.5. The van der Waals surface area contributed by atoms with E-state index in [-0.39, 0.29) is 0 Å². The van der Waals surface area contributed by atoms with Gasteiger partial charge in [-0.05, 0) is 6.72 Å². The Labute approximate surface area is 93.0 Å². The van der Waals surface area contributed by atoms with Crippen molar-refractivity contribution in [3.8, 4) is 0 Å². The molecule has 1 aromatic rings. The molecule has 0 aliphatic carbocycles. The van der Waals surface area contributed by atoms with Crippen LogP contribution in [0.2, 0.25) is 0 Å². The normalized spacial score (nSPS) is 16.2. The smallest absolute Gasteiger partial charge is 0.183 e. The number of anilines is 1. The van der Waals surface area contributed by atoms with Gasteiger partial charge in [-0.3, -0.25) is 4.99 Å². The minimum absolute atomic E-state index is 0.303. The third-order valence-corrected chi connectivity index (χ3v) is 2.34. The third kappa shape index (κ3) is 2.33. The highest BCUT2D eigenvalue weighted by atomic mass is 19.1. The van der Waals surface area contributed by atoms with Gasteiger partial charge in [0.25, 0.3) is 0 Å². The Kier molecular flexibility index (Phi) is 3.40. The van der Waals surface area contributed by atoms with Crippen molar-refractivity contribution in [3.63, 3.8) is 0 Å². The highest BCUT2D eigenvalue weighted by Crippen LogP contribution is 2.16. The molecule has 1 saturated heterocycles. The van der Waals surface area contributed by atoms with Gasteiger partial charge in [-0.1, -0.05) is 0 Å². The number of morpholine rings is 1. The molecule has 0 bridgehead atoms. The lowest BCUT2D eigenvalue weighted by atomic mass is 10.4. The predicted octanol–water partition coefficient (Wildman–Crippen LogP) is 0.653. The lowest BCUT2D eigenvalue weighted by Gasteiger charge is -2.28. The van der Waals surface area contributed by atoms with Crippen LogP contribution in [0.25, 0.3) is 0 Å². The summed E-state index contributed by atoms with van der Waals surface area (Å²) in [6.07, 6.45) is 1.18. The van der Waals surface area contributed by atoms with E-state index in [1.165, 1.54) is 6.20 Å². The maximum absolute atomic E-state index is 13.5. The summed E-state index contributed by atoms with van der Waals surface area (Å²) in [7, 11) is 0. The van der Waals surface area contributed by atoms with Crippen molar-refractivity contribution in [1.82, 2.24) is 9.97 Å². The van der Waals surface area contributed by atoms with E-state index in [0.717, 1.165) is 0 Å². The molecule has 2 heterocycles. The van der Waals surface area contributed by atoms with E-state index in [1.54, 1.807) is 0 Å². The second-order valence-electron chi connectivity index (χ2n) is 3.44. The molecule has 1 aliphatic heterocycles. The minimum atomic E-state index is -0.408. The monoisotopic (exact) mass is 224 g/mol. The maximum Gasteiger partial charge on any atom is 0.183 e. The Morgan fingerprint density at radius 3 is 2.94 bits per heavy atom. The molecule has 2 rings (SSSR count). The van der Waals surface area contributed by atoms with Crippen LogP contribution < -0.4 is 4.90 Å². The van der Waals surface area contributed by atoms with Crippen LogP contribution in [0.3, 0.4) is 0 Å². The molecular formula is C10H13FN4O. The molecule has 0 aromatic carbocycles. The Morgan fingerprint density at radius 1 is 1.50 bits per heavy atom. The van der Waals surface area contributed by atoms with E-state index >= 15 is 0 Å². The average molecular weight is 224 g/mol. The SMILES string of the molecule is C=NCc1ncc(F)c(N2CCOCC2)n1. The van der Waals surface area contributed by atoms with Crippen molar-refractivity contribution in [3.05, 3.63) is 17.8 Å². The Hall–Kier alpha value is -1.56. The summed E-state index contributed by atoms with van der Waals surface area (Å²) in [6.45, 7) is 6.15. The first kappa shape index (κ1) is 10.9. The van der Waals surface area contributed by atoms with Crippen LogP contribution >= 0.6 is 0 Å². The fraction of sp³-hybridized carbons (Fsp3) is 0.500. The fourth-order valence-corrected chi connectivity index (χ4v) is 1.57. The van der Waals surface area contributed by atoms with Gasteiger partial charge in [0.2, 0.25) is 0 Å². The summed E-state index contributed by atoms with van der Waals surface area (Å²) in [5.41, 5.74) is 0. The van der Waals surface area contributed by atoms with Gasteiger partial charge in [-0.15, -0.1) is 0 Å². The van der Waals surface area contributed by atoms with Crippen LogP contribution in [-0.2, 0) is 11.3 Å². The summed E-state index contributed by atoms with van der Waals surface area (Å²) >= 11 is 0. The van der Waals surface area contributed by atoms with Gasteiger partial charge >= 0.3 is 0 Å². The molecule has 16 heavy (non-hydrogen) atoms. The van der Waals surface area contributed by atoms with Crippen LogP contribution in [0.15, 0.2) is 11.2 Å². The Balaban J connectivity index is 2.23. The molecule has 86 valence electrons. The molecule has 1 aromatic heterocycles. The number of hydrogen-bond acceptors (Lipinski definition) is 5. The number of rotatable bonds is 3. The third-order valence-electron chi connectivity index (χ3n) is 2.34. The first-order valence-corrected chi connectivity index (χ1v) is 5.08. The van der Waals surface area contributed by atoms with E-state index in [0.29, 0.717) is 44.5 Å². The molecule has 0 unspecified atom stereocenters. The number of hydrogen-bond donors (Lipinski definition) is 0. The van der Waals surface area contributed by atoms with Gasteiger partial charge in [0, 0.05) is 13.1 Å². The molecule has 0 radical (unpaired) electrons. The molecule has 0 amide bonds. The highest BCUT2D eigenvalue weighted by molar-refractivity contribution is 5.39. The van der Waals surface area contributed by atoms with Gasteiger partial charge in [-0.2, -0.15) is 0 Å². The van der Waals surface area contributed by atoms with Gasteiger partial charge in [-0.25, -0.2) is 14.4 Å². The number of halogens is 1. The zero-order chi connectivity index (χ0) is 11.4. The zero-order valence-corrected chi connectivity index (χ0v) is 8.90. The topological polar surface area (TPSA) is 50.6 Å². The summed E-state index contributed by atoms with van der Waals surface area (Å²) in [5, 5.41) is 0. The number of aromatic nitrogens is 2. The number of nitrogens with zero attached hydrogens (tertiary/aromatic N) is 4. The molecular weight excluding hydrogens is 211 g/mol. The standard InChI is InChI=1S/C10H13FN4O/c1-12-7-9-13-6-8(11)10(14-9)15-2-4-16-5-3-15/h6H,1-5,7H2. The van der Waals surface area contributed by atoms with Gasteiger partial charge in [0.05, 0.1) is 26.0 Å². The Bertz CT molecular complexity index is 379. The molecule has 1 aliphatic rings. The van der Waals surface area contributed by atoms with Crippen LogP contribution in [0.5, 0.6) is 0 Å². The van der Waals surface area contributed by atoms with E-state index < -0.39 is 5.82 Å². The predicted molar refractivity (Wildman–Crippen MR) is 58.3 cm³/mol. The van der Waals surface area contributed by atoms with Gasteiger partial charge < -0.3 is 9.64 Å². The van der Waals surface area contributed by atoms with Gasteiger partial charge in [0.15, 0.2) is 17.5 Å². The second kappa shape index (κ2) is 4.98. The van der Waals surface area contributed by atoms with E-state index in [2.05, 4.69) is 21.7 Å². The molecule has 1 fully saturated rings. The van der Waals surface area contributed by atoms with Crippen LogP contribution in [0.4, 0.5) is 10.2 Å². The second-order valence-corrected chi connectivity index (χ2v) is 3.44. The van der Waals surface area contributed by atoms with E-state index in [9.17, 15) is 4.39 Å². The first-order chi connectivity index (χ1) is 7.81. The largest absolute Gasteiger partial charge is 0.378 e. The summed E-state index contributed by atoms with van der Waals surface area (Å²) in [5.74, 6) is 0.407. The summed E-state index contributed by atoms with van der Waals surface area (Å²) < 4.78 is 18.7. The lowest BCUT2D eigenvalue weighted by molar-refractivity contribution is 0.122. The molecule has 0 saturated carbocycles. The molecule has 0 N–H and O–H groups in total. The number of ether oxygens (including phenoxy) is 1. The van der Waals surface area contributed by atoms with E-state index in [4.69, 9.17) is 4.74 Å². The molecule has 5 nitrogen and oxygen atoms in total. The summed E-state index contributed by atoms with van der Waals surface area (Å²) in [6, 6.07) is 0. The van der Waals surface area contributed by atoms with Crippen molar-refractivity contribution in [1.29, 1.82) is 0 Å². The average Bonchev–Trinajstić information content (AvgIpc) is 2.33.